The number of aromatic nitrogens is 4. The summed E-state index contributed by atoms with van der Waals surface area (Å²) in [6, 6.07) is 8.98. The van der Waals surface area contributed by atoms with E-state index < -0.39 is 17.3 Å². The molecule has 0 atom stereocenters. The van der Waals surface area contributed by atoms with Crippen LogP contribution in [-0.4, -0.2) is 19.5 Å². The number of fused-ring (bicyclic) bond motifs is 1. The van der Waals surface area contributed by atoms with Crippen molar-refractivity contribution in [3.05, 3.63) is 98.6 Å². The van der Waals surface area contributed by atoms with Gasteiger partial charge < -0.3 is 0 Å². The molecule has 5 rings (SSSR count). The zero-order valence-corrected chi connectivity index (χ0v) is 20.5. The molecule has 3 heterocycles. The number of rotatable bonds is 4. The van der Waals surface area contributed by atoms with Crippen molar-refractivity contribution < 1.29 is 17.6 Å². The molecule has 1 saturated carbocycles. The Hall–Kier alpha value is -3.62. The number of pyridine rings is 2. The van der Waals surface area contributed by atoms with Gasteiger partial charge in [-0.05, 0) is 86.8 Å². The second-order valence-corrected chi connectivity index (χ2v) is 9.73. The van der Waals surface area contributed by atoms with E-state index in [0.717, 1.165) is 17.2 Å². The number of hydrogen-bond donors (Lipinski definition) is 0. The van der Waals surface area contributed by atoms with Gasteiger partial charge in [0.25, 0.3) is 5.56 Å². The smallest absolute Gasteiger partial charge is 0.285 e. The van der Waals surface area contributed by atoms with Crippen molar-refractivity contribution in [2.75, 3.05) is 0 Å². The van der Waals surface area contributed by atoms with Crippen LogP contribution >= 0.6 is 0 Å². The van der Waals surface area contributed by atoms with Gasteiger partial charge in [-0.3, -0.25) is 19.3 Å². The Morgan fingerprint density at radius 3 is 2.43 bits per heavy atom. The van der Waals surface area contributed by atoms with Crippen LogP contribution in [0, 0.1) is 19.7 Å². The fraction of sp³-hybridized carbons (Fsp3) is 0.357. The van der Waals surface area contributed by atoms with Gasteiger partial charge in [0.05, 0.1) is 23.5 Å². The van der Waals surface area contributed by atoms with Gasteiger partial charge >= 0.3 is 6.18 Å². The van der Waals surface area contributed by atoms with E-state index in [-0.39, 0.29) is 35.5 Å². The van der Waals surface area contributed by atoms with Crippen molar-refractivity contribution in [1.82, 2.24) is 19.5 Å². The lowest BCUT2D eigenvalue weighted by atomic mass is 9.75. The van der Waals surface area contributed by atoms with Crippen molar-refractivity contribution in [1.29, 1.82) is 0 Å². The molecule has 1 aromatic carbocycles. The molecule has 37 heavy (non-hydrogen) atoms. The summed E-state index contributed by atoms with van der Waals surface area (Å²) < 4.78 is 56.8. The summed E-state index contributed by atoms with van der Waals surface area (Å²) in [6.45, 7) is 3.24. The first kappa shape index (κ1) is 25.0. The number of benzene rings is 1. The first-order valence-electron chi connectivity index (χ1n) is 12.3. The van der Waals surface area contributed by atoms with Crippen molar-refractivity contribution in [2.45, 2.75) is 64.1 Å². The van der Waals surface area contributed by atoms with E-state index in [9.17, 15) is 22.4 Å². The summed E-state index contributed by atoms with van der Waals surface area (Å²) in [7, 11) is 0. The van der Waals surface area contributed by atoms with Crippen molar-refractivity contribution in [2.24, 2.45) is 0 Å². The predicted octanol–water partition coefficient (Wildman–Crippen LogP) is 6.45. The monoisotopic (exact) mass is 510 g/mol. The van der Waals surface area contributed by atoms with Crippen LogP contribution in [0.15, 0.2) is 53.6 Å². The fourth-order valence-electron chi connectivity index (χ4n) is 5.50. The number of halogens is 4. The first-order valence-corrected chi connectivity index (χ1v) is 12.3. The maximum absolute atomic E-state index is 14.5. The predicted molar refractivity (Wildman–Crippen MR) is 132 cm³/mol. The minimum absolute atomic E-state index is 0.0606. The molecule has 1 fully saturated rings. The number of hydrogen-bond acceptors (Lipinski definition) is 4. The minimum atomic E-state index is -4.61. The summed E-state index contributed by atoms with van der Waals surface area (Å²) in [6.07, 6.45) is 0.992. The summed E-state index contributed by atoms with van der Waals surface area (Å²) >= 11 is 0. The van der Waals surface area contributed by atoms with Crippen LogP contribution in [0.25, 0.3) is 11.2 Å². The number of aryl methyl sites for hydroxylation is 2. The molecule has 0 radical (unpaired) electrons. The lowest BCUT2D eigenvalue weighted by molar-refractivity contribution is -0.138. The summed E-state index contributed by atoms with van der Waals surface area (Å²) in [5.41, 5.74) is 1.83. The van der Waals surface area contributed by atoms with E-state index in [2.05, 4.69) is 15.0 Å². The van der Waals surface area contributed by atoms with E-state index in [4.69, 9.17) is 0 Å². The molecule has 192 valence electrons. The normalized spacial score (nSPS) is 18.3. The zero-order chi connectivity index (χ0) is 26.3. The SMILES string of the molecule is Cc1cnc2cc([C@H]3CC[C@@H](c4c(C)cccc4F)CC3)c(=O)n(Cc3ncccc3C(F)(F)F)c2n1. The third-order valence-electron chi connectivity index (χ3n) is 7.29. The number of nitrogens with zero attached hydrogens (tertiary/aromatic N) is 4. The molecule has 9 heteroatoms. The van der Waals surface area contributed by atoms with Gasteiger partial charge in [0.2, 0.25) is 0 Å². The van der Waals surface area contributed by atoms with Crippen LogP contribution in [-0.2, 0) is 12.7 Å². The van der Waals surface area contributed by atoms with Crippen molar-refractivity contribution >= 4 is 11.2 Å². The minimum Gasteiger partial charge on any atom is -0.285 e. The van der Waals surface area contributed by atoms with E-state index >= 15 is 0 Å². The highest BCUT2D eigenvalue weighted by Gasteiger charge is 2.34. The molecule has 3 aromatic heterocycles. The third-order valence-corrected chi connectivity index (χ3v) is 7.29. The van der Waals surface area contributed by atoms with E-state index in [1.54, 1.807) is 25.3 Å². The van der Waals surface area contributed by atoms with E-state index in [1.165, 1.54) is 22.9 Å². The van der Waals surface area contributed by atoms with Gasteiger partial charge in [-0.1, -0.05) is 12.1 Å². The molecular weight excluding hydrogens is 484 g/mol. The van der Waals surface area contributed by atoms with Gasteiger partial charge in [0, 0.05) is 18.0 Å². The Morgan fingerprint density at radius 1 is 1.00 bits per heavy atom. The maximum atomic E-state index is 14.5. The number of alkyl halides is 3. The molecule has 0 bridgehead atoms. The van der Waals surface area contributed by atoms with Crippen LogP contribution < -0.4 is 5.56 Å². The molecule has 4 aromatic rings. The van der Waals surface area contributed by atoms with Crippen LogP contribution in [0.5, 0.6) is 0 Å². The largest absolute Gasteiger partial charge is 0.418 e. The van der Waals surface area contributed by atoms with Gasteiger partial charge in [0.1, 0.15) is 11.3 Å². The topological polar surface area (TPSA) is 60.7 Å². The third kappa shape index (κ3) is 4.86. The van der Waals surface area contributed by atoms with Gasteiger partial charge in [0.15, 0.2) is 5.65 Å². The van der Waals surface area contributed by atoms with Crippen LogP contribution in [0.1, 0.15) is 71.2 Å². The Labute approximate surface area is 211 Å². The highest BCUT2D eigenvalue weighted by molar-refractivity contribution is 5.71. The molecule has 0 unspecified atom stereocenters. The Bertz CT molecular complexity index is 1500. The summed E-state index contributed by atoms with van der Waals surface area (Å²) in [5.74, 6) is -0.260. The molecule has 0 saturated heterocycles. The molecule has 1 aliphatic rings. The first-order chi connectivity index (χ1) is 17.6. The zero-order valence-electron chi connectivity index (χ0n) is 20.5. The van der Waals surface area contributed by atoms with Crippen LogP contribution in [0.4, 0.5) is 17.6 Å². The highest BCUT2D eigenvalue weighted by Crippen LogP contribution is 2.41. The molecule has 0 amide bonds. The Morgan fingerprint density at radius 2 is 1.73 bits per heavy atom. The van der Waals surface area contributed by atoms with Crippen LogP contribution in [0.3, 0.4) is 0 Å². The maximum Gasteiger partial charge on any atom is 0.418 e. The molecule has 1 aliphatic carbocycles. The Kier molecular flexibility index (Phi) is 6.56. The van der Waals surface area contributed by atoms with E-state index in [0.29, 0.717) is 42.5 Å². The van der Waals surface area contributed by atoms with Gasteiger partial charge in [-0.25, -0.2) is 9.37 Å². The Balaban J connectivity index is 1.53. The van der Waals surface area contributed by atoms with Crippen molar-refractivity contribution in [3.63, 3.8) is 0 Å². The van der Waals surface area contributed by atoms with Gasteiger partial charge in [-0.2, -0.15) is 13.2 Å². The molecule has 0 N–H and O–H groups in total. The molecule has 0 spiro atoms. The van der Waals surface area contributed by atoms with Crippen molar-refractivity contribution in [3.8, 4) is 0 Å². The quantitative estimate of drug-likeness (QED) is 0.296. The second-order valence-electron chi connectivity index (χ2n) is 9.73. The van der Waals surface area contributed by atoms with Crippen LogP contribution in [0.2, 0.25) is 0 Å². The fourth-order valence-corrected chi connectivity index (χ4v) is 5.50. The molecular formula is C28H26F4N4O. The summed E-state index contributed by atoms with van der Waals surface area (Å²) in [4.78, 5) is 26.5. The standard InChI is InChI=1S/C28H26F4N4O/c1-16-5-3-7-22(29)25(16)19-10-8-18(9-11-19)20-13-23-26(35-17(2)14-34-23)36(27(20)37)15-24-21(28(30,31)32)6-4-12-33-24/h3-7,12-14,18-19H,8-11,15H2,1-2H3/t18-,19+. The lowest BCUT2D eigenvalue weighted by Gasteiger charge is -2.30. The lowest BCUT2D eigenvalue weighted by Crippen LogP contribution is -2.29. The second kappa shape index (κ2) is 9.68. The average Bonchev–Trinajstić information content (AvgIpc) is 2.86. The highest BCUT2D eigenvalue weighted by atomic mass is 19.4. The molecule has 0 aliphatic heterocycles. The van der Waals surface area contributed by atoms with E-state index in [1.807, 2.05) is 13.0 Å². The average molecular weight is 511 g/mol. The van der Waals surface area contributed by atoms with Gasteiger partial charge in [-0.15, -0.1) is 0 Å². The summed E-state index contributed by atoms with van der Waals surface area (Å²) in [5, 5.41) is 0. The molecule has 5 nitrogen and oxygen atoms in total.